The topological polar surface area (TPSA) is 114 Å². The Bertz CT molecular complexity index is 1270. The number of allylic oxidation sites excluding steroid dienone is 3. The van der Waals surface area contributed by atoms with Crippen LogP contribution in [0.5, 0.6) is 0 Å². The molecule has 0 aromatic rings. The Morgan fingerprint density at radius 2 is 0.817 bits per heavy atom. The normalized spacial score (nSPS) is 13.8. The van der Waals surface area contributed by atoms with Crippen molar-refractivity contribution < 1.29 is 37.3 Å². The van der Waals surface area contributed by atoms with E-state index in [1.165, 1.54) is 212 Å². The highest BCUT2D eigenvalue weighted by Crippen LogP contribution is 2.38. The fraction of sp³-hybridized carbons (Fsp3) is 0.902. The minimum absolute atomic E-state index is 0.0192. The predicted molar refractivity (Wildman–Crippen MR) is 303 cm³/mol. The number of amides is 1. The third kappa shape index (κ3) is 53.1. The van der Waals surface area contributed by atoms with Crippen molar-refractivity contribution in [2.24, 2.45) is 0 Å². The zero-order valence-electron chi connectivity index (χ0n) is 48.0. The number of phosphoric ester groups is 1. The lowest BCUT2D eigenvalue weighted by Gasteiger charge is -2.30. The molecule has 3 atom stereocenters. The minimum atomic E-state index is -4.69. The number of phosphoric acid groups is 1. The number of nitrogens with one attached hydrogen (secondary N) is 1. The van der Waals surface area contributed by atoms with Gasteiger partial charge in [0.2, 0.25) is 5.91 Å². The molecule has 0 aliphatic heterocycles. The van der Waals surface area contributed by atoms with Crippen molar-refractivity contribution in [1.82, 2.24) is 5.32 Å². The van der Waals surface area contributed by atoms with E-state index in [2.05, 4.69) is 38.2 Å². The molecule has 0 aromatic carbocycles. The average Bonchev–Trinajstić information content (AvgIpc) is 3.33. The van der Waals surface area contributed by atoms with E-state index in [1.807, 2.05) is 33.3 Å². The van der Waals surface area contributed by atoms with Crippen molar-refractivity contribution in [3.63, 3.8) is 0 Å². The van der Waals surface area contributed by atoms with Gasteiger partial charge in [0.25, 0.3) is 7.82 Å². The van der Waals surface area contributed by atoms with Gasteiger partial charge in [-0.3, -0.25) is 14.2 Å². The lowest BCUT2D eigenvalue weighted by molar-refractivity contribution is -0.870. The molecule has 0 saturated carbocycles. The van der Waals surface area contributed by atoms with Gasteiger partial charge in [0.05, 0.1) is 33.8 Å². The molecule has 3 unspecified atom stereocenters. The van der Waals surface area contributed by atoms with Crippen molar-refractivity contribution >= 4 is 19.7 Å². The predicted octanol–water partition coefficient (Wildman–Crippen LogP) is 17.9. The third-order valence-corrected chi connectivity index (χ3v) is 14.8. The molecule has 420 valence electrons. The van der Waals surface area contributed by atoms with E-state index in [4.69, 9.17) is 13.8 Å². The maximum Gasteiger partial charge on any atom is 0.306 e. The van der Waals surface area contributed by atoms with Crippen LogP contribution in [0.25, 0.3) is 0 Å². The van der Waals surface area contributed by atoms with Gasteiger partial charge >= 0.3 is 5.97 Å². The summed E-state index contributed by atoms with van der Waals surface area (Å²) in [6, 6.07) is -0.882. The van der Waals surface area contributed by atoms with E-state index in [1.54, 1.807) is 0 Å². The van der Waals surface area contributed by atoms with E-state index >= 15 is 0 Å². The van der Waals surface area contributed by atoms with Crippen LogP contribution < -0.4 is 10.2 Å². The molecule has 0 fully saturated rings. The number of hydrogen-bond acceptors (Lipinski definition) is 7. The molecule has 0 aromatic heterocycles. The lowest BCUT2D eigenvalue weighted by atomic mass is 10.0. The van der Waals surface area contributed by atoms with Gasteiger partial charge in [-0.25, -0.2) is 0 Å². The largest absolute Gasteiger partial charge is 0.756 e. The molecular weight excluding hydrogens is 904 g/mol. The number of nitrogens with zero attached hydrogens (tertiary/aromatic N) is 1. The van der Waals surface area contributed by atoms with Gasteiger partial charge in [-0.15, -0.1) is 0 Å². The van der Waals surface area contributed by atoms with Gasteiger partial charge < -0.3 is 28.5 Å². The van der Waals surface area contributed by atoms with E-state index in [0.29, 0.717) is 17.4 Å². The summed E-state index contributed by atoms with van der Waals surface area (Å²) in [7, 11) is 1.20. The smallest absolute Gasteiger partial charge is 0.306 e. The van der Waals surface area contributed by atoms with E-state index in [-0.39, 0.29) is 31.5 Å². The van der Waals surface area contributed by atoms with Crippen molar-refractivity contribution in [2.75, 3.05) is 40.9 Å². The Balaban J connectivity index is 5.20. The van der Waals surface area contributed by atoms with Crippen molar-refractivity contribution in [3.8, 4) is 0 Å². The number of hydrogen-bond donors (Lipinski definition) is 1. The molecule has 0 aliphatic carbocycles. The Labute approximate surface area is 441 Å². The van der Waals surface area contributed by atoms with Crippen LogP contribution in [-0.4, -0.2) is 69.4 Å². The molecule has 0 radical (unpaired) electrons. The minimum Gasteiger partial charge on any atom is -0.756 e. The summed E-state index contributed by atoms with van der Waals surface area (Å²) in [4.78, 5) is 39.9. The fourth-order valence-corrected chi connectivity index (χ4v) is 9.83. The SMILES string of the molecule is CCCCCCCC/C=C/CCCCCCCCCCCC(=O)NC(COP(=O)([O-])OCC[N+](C)(C)C)C(/C=C/CCCCCCCCCCC)OC(=O)CCCCCCCCCCCCCCCCC. The molecule has 9 nitrogen and oxygen atoms in total. The van der Waals surface area contributed by atoms with Crippen LogP contribution in [0.2, 0.25) is 0 Å². The van der Waals surface area contributed by atoms with Gasteiger partial charge in [0.15, 0.2) is 0 Å². The zero-order chi connectivity index (χ0) is 52.2. The molecule has 10 heteroatoms. The number of carbonyl (C=O) groups excluding carboxylic acids is 2. The Morgan fingerprint density at radius 3 is 1.20 bits per heavy atom. The van der Waals surface area contributed by atoms with Crippen molar-refractivity contribution in [2.45, 2.75) is 315 Å². The first-order valence-corrected chi connectivity index (χ1v) is 32.1. The lowest BCUT2D eigenvalue weighted by Crippen LogP contribution is -2.47. The second-order valence-corrected chi connectivity index (χ2v) is 23.6. The van der Waals surface area contributed by atoms with Crippen LogP contribution >= 0.6 is 7.82 Å². The standard InChI is InChI=1S/C61H119N2O7P/c1-7-10-13-16-19-22-25-27-29-30-31-32-34-35-38-41-44-47-50-53-60(64)62-58(57-69-71(66,67)68-56-55-63(4,5)6)59(52-49-46-43-40-37-24-21-18-15-12-9-3)70-61(65)54-51-48-45-42-39-36-33-28-26-23-20-17-14-11-8-2/h27,29,49,52,58-59H,7-26,28,30-48,50-51,53-57H2,1-6H3,(H-,62,64,66,67)/b29-27+,52-49+. The van der Waals surface area contributed by atoms with Gasteiger partial charge in [0.1, 0.15) is 19.3 Å². The molecule has 1 amide bonds. The number of ether oxygens (including phenoxy) is 1. The van der Waals surface area contributed by atoms with Crippen LogP contribution in [0.3, 0.4) is 0 Å². The molecule has 0 spiro atoms. The Morgan fingerprint density at radius 1 is 0.479 bits per heavy atom. The first kappa shape index (κ1) is 69.5. The second kappa shape index (κ2) is 52.0. The first-order chi connectivity index (χ1) is 34.4. The number of quaternary nitrogens is 1. The number of unbranched alkanes of at least 4 members (excludes halogenated alkanes) is 38. The molecule has 0 aliphatic rings. The van der Waals surface area contributed by atoms with E-state index < -0.39 is 20.0 Å². The molecule has 0 heterocycles. The summed E-state index contributed by atoms with van der Waals surface area (Å²) in [5.74, 6) is -0.529. The number of esters is 1. The Hall–Kier alpha value is -1.51. The summed E-state index contributed by atoms with van der Waals surface area (Å²) >= 11 is 0. The average molecular weight is 1020 g/mol. The monoisotopic (exact) mass is 1020 g/mol. The highest BCUT2D eigenvalue weighted by Gasteiger charge is 2.27. The van der Waals surface area contributed by atoms with E-state index in [9.17, 15) is 19.0 Å². The third-order valence-electron chi connectivity index (χ3n) is 13.9. The maximum atomic E-state index is 13.5. The maximum absolute atomic E-state index is 13.5. The fourth-order valence-electron chi connectivity index (χ4n) is 9.11. The number of rotatable bonds is 56. The van der Waals surface area contributed by atoms with Crippen molar-refractivity contribution in [1.29, 1.82) is 0 Å². The van der Waals surface area contributed by atoms with Gasteiger partial charge in [-0.2, -0.15) is 0 Å². The molecule has 71 heavy (non-hydrogen) atoms. The number of likely N-dealkylation sites (N-methyl/N-ethyl adjacent to an activating group) is 1. The van der Waals surface area contributed by atoms with Gasteiger partial charge in [0, 0.05) is 12.8 Å². The van der Waals surface area contributed by atoms with Gasteiger partial charge in [-0.05, 0) is 57.4 Å². The quantitative estimate of drug-likeness (QED) is 0.0212. The number of carbonyl (C=O) groups is 2. The van der Waals surface area contributed by atoms with E-state index in [0.717, 1.165) is 57.8 Å². The summed E-state index contributed by atoms with van der Waals surface area (Å²) in [5.41, 5.74) is 0. The summed E-state index contributed by atoms with van der Waals surface area (Å²) in [5, 5.41) is 3.03. The highest BCUT2D eigenvalue weighted by molar-refractivity contribution is 7.45. The van der Waals surface area contributed by atoms with Crippen LogP contribution in [0.1, 0.15) is 303 Å². The second-order valence-electron chi connectivity index (χ2n) is 22.2. The zero-order valence-corrected chi connectivity index (χ0v) is 48.8. The molecule has 1 N–H and O–H groups in total. The molecule has 0 bridgehead atoms. The van der Waals surface area contributed by atoms with Crippen LogP contribution in [0.15, 0.2) is 24.3 Å². The van der Waals surface area contributed by atoms with Crippen LogP contribution in [0, 0.1) is 0 Å². The molecular formula is C61H119N2O7P. The van der Waals surface area contributed by atoms with Crippen molar-refractivity contribution in [3.05, 3.63) is 24.3 Å². The summed E-state index contributed by atoms with van der Waals surface area (Å²) in [6.07, 6.45) is 59.9. The first-order valence-electron chi connectivity index (χ1n) is 30.6. The Kier molecular flexibility index (Phi) is 50.8. The van der Waals surface area contributed by atoms with Crippen LogP contribution in [0.4, 0.5) is 0 Å². The molecule has 0 saturated heterocycles. The summed E-state index contributed by atoms with van der Waals surface area (Å²) in [6.45, 7) is 6.87. The van der Waals surface area contributed by atoms with Crippen LogP contribution in [-0.2, 0) is 27.9 Å². The highest BCUT2D eigenvalue weighted by atomic mass is 31.2. The van der Waals surface area contributed by atoms with Gasteiger partial charge in [-0.1, -0.05) is 257 Å². The summed E-state index contributed by atoms with van der Waals surface area (Å²) < 4.78 is 30.3. The molecule has 0 rings (SSSR count).